The zero-order chi connectivity index (χ0) is 34.3. The molecule has 0 radical (unpaired) electrons. The van der Waals surface area contributed by atoms with E-state index in [-0.39, 0.29) is 5.91 Å². The van der Waals surface area contributed by atoms with Crippen molar-refractivity contribution in [3.8, 4) is 11.5 Å². The monoisotopic (exact) mass is 893 g/mol. The lowest BCUT2D eigenvalue weighted by Gasteiger charge is -2.17. The van der Waals surface area contributed by atoms with Crippen LogP contribution in [-0.4, -0.2) is 106 Å². The molecule has 0 saturated heterocycles. The average molecular weight is 897 g/mol. The Balaban J connectivity index is 0.00000129. The quantitative estimate of drug-likeness (QED) is 0.145. The van der Waals surface area contributed by atoms with E-state index >= 15 is 0 Å². The SMILES string of the molecule is CN(C)CCCOc1c(Br)cc(/C=C/C(=O)N(C)CCCOc2c(Br)cc(CCN(C)C)cc2Br)cc1Br.O=C(O)C(F)(F)F. The van der Waals surface area contributed by atoms with Crippen molar-refractivity contribution in [1.82, 2.24) is 14.7 Å². The Morgan fingerprint density at radius 3 is 1.62 bits per heavy atom. The van der Waals surface area contributed by atoms with Gasteiger partial charge in [0.15, 0.2) is 0 Å². The van der Waals surface area contributed by atoms with Gasteiger partial charge in [-0.1, -0.05) is 0 Å². The van der Waals surface area contributed by atoms with Gasteiger partial charge in [0.1, 0.15) is 11.5 Å². The van der Waals surface area contributed by atoms with Crippen molar-refractivity contribution in [1.29, 1.82) is 0 Å². The maximum Gasteiger partial charge on any atom is 0.490 e. The average Bonchev–Trinajstić information content (AvgIpc) is 2.92. The molecule has 0 unspecified atom stereocenters. The lowest BCUT2D eigenvalue weighted by atomic mass is 10.1. The molecule has 0 heterocycles. The molecule has 0 atom stereocenters. The largest absolute Gasteiger partial charge is 0.491 e. The second-order valence-electron chi connectivity index (χ2n) is 10.4. The van der Waals surface area contributed by atoms with Crippen molar-refractivity contribution in [3.05, 3.63) is 59.4 Å². The summed E-state index contributed by atoms with van der Waals surface area (Å²) in [6, 6.07) is 8.10. The summed E-state index contributed by atoms with van der Waals surface area (Å²) >= 11 is 14.4. The lowest BCUT2D eigenvalue weighted by Crippen LogP contribution is -2.26. The highest BCUT2D eigenvalue weighted by Crippen LogP contribution is 2.36. The minimum atomic E-state index is -5.08. The minimum Gasteiger partial charge on any atom is -0.491 e. The first kappa shape index (κ1) is 41.4. The van der Waals surface area contributed by atoms with Gasteiger partial charge < -0.3 is 29.3 Å². The van der Waals surface area contributed by atoms with Crippen LogP contribution in [0.3, 0.4) is 0 Å². The van der Waals surface area contributed by atoms with Gasteiger partial charge in [-0.25, -0.2) is 4.79 Å². The Bertz CT molecular complexity index is 1250. The summed E-state index contributed by atoms with van der Waals surface area (Å²) in [4.78, 5) is 27.5. The highest BCUT2D eigenvalue weighted by molar-refractivity contribution is 9.11. The summed E-state index contributed by atoms with van der Waals surface area (Å²) in [6.07, 6.45) is 0.943. The number of alkyl halides is 3. The maximum atomic E-state index is 12.6. The number of amides is 1. The van der Waals surface area contributed by atoms with Crippen molar-refractivity contribution in [2.75, 3.05) is 68.1 Å². The van der Waals surface area contributed by atoms with E-state index in [0.29, 0.717) is 26.2 Å². The third-order valence-electron chi connectivity index (χ3n) is 5.84. The first-order chi connectivity index (χ1) is 20.9. The standard InChI is InChI=1S/C28H37Br4N3O3.C2HF3O2/c1-33(2)11-6-14-37-27-22(29)16-20(17-23(27)30)8-9-26(36)35(5)12-7-15-38-28-24(31)18-21(19-25(28)32)10-13-34(3)4;3-2(4,5)1(6)7/h8-9,16-19H,6-7,10-15H2,1-5H3;(H,6,7)/b9-8+;. The van der Waals surface area contributed by atoms with Gasteiger partial charge in [0.05, 0.1) is 31.1 Å². The van der Waals surface area contributed by atoms with E-state index in [4.69, 9.17) is 19.4 Å². The van der Waals surface area contributed by atoms with E-state index in [9.17, 15) is 18.0 Å². The molecule has 2 aromatic carbocycles. The van der Waals surface area contributed by atoms with Crippen molar-refractivity contribution in [2.24, 2.45) is 0 Å². The Kier molecular flexibility index (Phi) is 18.9. The second-order valence-corrected chi connectivity index (χ2v) is 13.8. The molecule has 1 N–H and O–H groups in total. The smallest absolute Gasteiger partial charge is 0.490 e. The number of rotatable bonds is 15. The molecular formula is C30H38Br4F3N3O5. The summed E-state index contributed by atoms with van der Waals surface area (Å²) < 4.78 is 47.2. The number of carbonyl (C=O) groups is 2. The Labute approximate surface area is 296 Å². The topological polar surface area (TPSA) is 82.6 Å². The molecule has 0 aliphatic carbocycles. The van der Waals surface area contributed by atoms with Gasteiger partial charge in [0, 0.05) is 32.8 Å². The van der Waals surface area contributed by atoms with Gasteiger partial charge in [-0.2, -0.15) is 13.2 Å². The van der Waals surface area contributed by atoms with Crippen LogP contribution in [0.5, 0.6) is 11.5 Å². The molecule has 0 spiro atoms. The van der Waals surface area contributed by atoms with E-state index in [2.05, 4.69) is 99.7 Å². The molecule has 0 aliphatic rings. The van der Waals surface area contributed by atoms with Gasteiger partial charge in [-0.15, -0.1) is 0 Å². The van der Waals surface area contributed by atoms with E-state index in [1.165, 1.54) is 5.56 Å². The number of carboxylic acids is 1. The number of halogens is 7. The second kappa shape index (κ2) is 20.6. The number of likely N-dealkylation sites (N-methyl/N-ethyl adjacent to an activating group) is 2. The molecule has 0 saturated carbocycles. The van der Waals surface area contributed by atoms with Crippen LogP contribution in [0.15, 0.2) is 48.2 Å². The molecule has 2 aromatic rings. The fourth-order valence-electron chi connectivity index (χ4n) is 3.50. The summed E-state index contributed by atoms with van der Waals surface area (Å²) in [5.41, 5.74) is 2.14. The highest BCUT2D eigenvalue weighted by atomic mass is 79.9. The molecule has 0 aliphatic heterocycles. The van der Waals surface area contributed by atoms with Gasteiger partial charge in [0.2, 0.25) is 5.91 Å². The summed E-state index contributed by atoms with van der Waals surface area (Å²) in [6.45, 7) is 3.68. The molecule has 0 aromatic heterocycles. The number of ether oxygens (including phenoxy) is 2. The number of carboxylic acid groups (broad SMARTS) is 1. The normalized spacial score (nSPS) is 11.5. The lowest BCUT2D eigenvalue weighted by molar-refractivity contribution is -0.192. The molecule has 2 rings (SSSR count). The van der Waals surface area contributed by atoms with Crippen LogP contribution in [0.2, 0.25) is 0 Å². The molecular weight excluding hydrogens is 859 g/mol. The van der Waals surface area contributed by atoms with E-state index in [0.717, 1.165) is 60.9 Å². The number of aliphatic carboxylic acids is 1. The van der Waals surface area contributed by atoms with Crippen LogP contribution >= 0.6 is 63.7 Å². The third kappa shape index (κ3) is 16.7. The Morgan fingerprint density at radius 2 is 1.20 bits per heavy atom. The predicted molar refractivity (Wildman–Crippen MR) is 185 cm³/mol. The van der Waals surface area contributed by atoms with Crippen molar-refractivity contribution in [2.45, 2.75) is 25.4 Å². The van der Waals surface area contributed by atoms with Gasteiger partial charge in [0.25, 0.3) is 0 Å². The van der Waals surface area contributed by atoms with Crippen LogP contribution in [0, 0.1) is 0 Å². The van der Waals surface area contributed by atoms with Crippen molar-refractivity contribution in [3.63, 3.8) is 0 Å². The third-order valence-corrected chi connectivity index (χ3v) is 8.20. The highest BCUT2D eigenvalue weighted by Gasteiger charge is 2.38. The maximum absolute atomic E-state index is 12.6. The predicted octanol–water partition coefficient (Wildman–Crippen LogP) is 7.75. The van der Waals surface area contributed by atoms with Crippen LogP contribution in [0.1, 0.15) is 24.0 Å². The first-order valence-electron chi connectivity index (χ1n) is 13.7. The van der Waals surface area contributed by atoms with Crippen LogP contribution in [-0.2, 0) is 16.0 Å². The molecule has 252 valence electrons. The van der Waals surface area contributed by atoms with E-state index in [1.54, 1.807) is 18.0 Å². The number of benzene rings is 2. The molecule has 0 bridgehead atoms. The molecule has 15 heteroatoms. The number of hydrogen-bond acceptors (Lipinski definition) is 6. The van der Waals surface area contributed by atoms with Crippen LogP contribution in [0.4, 0.5) is 13.2 Å². The van der Waals surface area contributed by atoms with Crippen LogP contribution in [0.25, 0.3) is 6.08 Å². The van der Waals surface area contributed by atoms with E-state index in [1.807, 2.05) is 32.3 Å². The summed E-state index contributed by atoms with van der Waals surface area (Å²) in [5, 5.41) is 7.12. The molecule has 8 nitrogen and oxygen atoms in total. The zero-order valence-corrected chi connectivity index (χ0v) is 32.0. The van der Waals surface area contributed by atoms with Crippen LogP contribution < -0.4 is 9.47 Å². The minimum absolute atomic E-state index is 0.0612. The Hall–Kier alpha value is -1.65. The van der Waals surface area contributed by atoms with E-state index < -0.39 is 12.1 Å². The first-order valence-corrected chi connectivity index (χ1v) is 16.8. The summed E-state index contributed by atoms with van der Waals surface area (Å²) in [5.74, 6) is -1.26. The van der Waals surface area contributed by atoms with Gasteiger partial charge in [-0.05, 0) is 153 Å². The fourth-order valence-corrected chi connectivity index (χ4v) is 6.46. The number of nitrogens with zero attached hydrogens (tertiary/aromatic N) is 3. The molecule has 0 fully saturated rings. The summed E-state index contributed by atoms with van der Waals surface area (Å²) in [7, 11) is 10.0. The number of carbonyl (C=O) groups excluding carboxylic acids is 1. The van der Waals surface area contributed by atoms with Crippen molar-refractivity contribution >= 4 is 81.7 Å². The molecule has 1 amide bonds. The van der Waals surface area contributed by atoms with Crippen molar-refractivity contribution < 1.29 is 37.3 Å². The van der Waals surface area contributed by atoms with Gasteiger partial charge in [-0.3, -0.25) is 4.79 Å². The molecule has 45 heavy (non-hydrogen) atoms. The Morgan fingerprint density at radius 1 is 0.778 bits per heavy atom. The fraction of sp³-hybridized carbons (Fsp3) is 0.467. The van der Waals surface area contributed by atoms with Gasteiger partial charge >= 0.3 is 12.1 Å². The number of hydrogen-bond donors (Lipinski definition) is 1. The zero-order valence-electron chi connectivity index (χ0n) is 25.7.